The van der Waals surface area contributed by atoms with E-state index in [0.717, 1.165) is 34.5 Å². The second-order valence-corrected chi connectivity index (χ2v) is 30.8. The molecule has 0 unspecified atom stereocenters. The Labute approximate surface area is 767 Å². The Hall–Kier alpha value is -15.5. The van der Waals surface area contributed by atoms with Gasteiger partial charge in [0.25, 0.3) is 39.6 Å². The van der Waals surface area contributed by atoms with Gasteiger partial charge in [-0.1, -0.05) is 41.4 Å². The molecule has 15 rings (SSSR count). The maximum Gasteiger partial charge on any atom is 0.388 e. The summed E-state index contributed by atoms with van der Waals surface area (Å²) < 4.78 is 127. The van der Waals surface area contributed by atoms with Crippen LogP contribution in [-0.2, 0) is 63.2 Å². The average Bonchev–Trinajstić information content (AvgIpc) is 0.811. The SMILES string of the molecule is CCNC(=O)Cn1nc(-c2ccc(NC3CC(F)(F)C3)nc2)ccc1=O.CCNC(=O)Cn1nc(-c2ccc(OC3CC(F)(F)C3)nc2)ccc1=O.CCNC(=O)Cn1nc(-c2cnc(OCC3CC(F)(F)C3)nc2)ccc1=O.CCNC(=O)Cn1nc(-c2cnc(Oc3ccc(Cl)cc3)nc2)ccc1=O.Cc1cccc(CNC(=O)Cn2nc(-c3ccc(OC(F)F)nc3)ccc2=O)c1. The second-order valence-electron chi connectivity index (χ2n) is 30.3. The van der Waals surface area contributed by atoms with E-state index < -0.39 is 41.6 Å². The summed E-state index contributed by atoms with van der Waals surface area (Å²) in [4.78, 5) is 147. The van der Waals surface area contributed by atoms with E-state index in [-0.39, 0.29) is 160 Å². The Morgan fingerprint density at radius 3 is 1.16 bits per heavy atom. The van der Waals surface area contributed by atoms with E-state index in [1.807, 2.05) is 31.2 Å². The van der Waals surface area contributed by atoms with Gasteiger partial charge in [-0.15, -0.1) is 0 Å². The molecule has 46 heteroatoms. The molecule has 0 bridgehead atoms. The fraction of sp³-hybridized carbons (Fsp3) is 0.326. The monoisotopic (exact) mass is 1890 g/mol. The number of nitrogens with zero attached hydrogens (tertiary/aromatic N) is 17. The Bertz CT molecular complexity index is 6230. The molecule has 3 fully saturated rings. The first-order chi connectivity index (χ1) is 64.5. The van der Waals surface area contributed by atoms with Crippen molar-refractivity contribution in [3.05, 3.63) is 257 Å². The first-order valence-electron chi connectivity index (χ1n) is 42.0. The Kier molecular flexibility index (Phi) is 34.9. The van der Waals surface area contributed by atoms with Gasteiger partial charge in [0.05, 0.1) is 35.1 Å². The highest BCUT2D eigenvalue weighted by Gasteiger charge is 2.48. The molecule has 10 heterocycles. The number of rotatable bonds is 32. The number of carbonyl (C=O) groups is 5. The number of anilines is 1. The molecule has 0 atom stereocenters. The Morgan fingerprint density at radius 2 is 0.793 bits per heavy atom. The van der Waals surface area contributed by atoms with Gasteiger partial charge in [-0.05, 0) is 119 Å². The van der Waals surface area contributed by atoms with E-state index in [1.165, 1.54) is 97.8 Å². The number of alkyl halides is 8. The highest BCUT2D eigenvalue weighted by molar-refractivity contribution is 6.30. The number of aromatic nitrogens is 17. The molecule has 3 saturated carbocycles. The molecule has 37 nitrogen and oxygen atoms in total. The van der Waals surface area contributed by atoms with E-state index in [4.69, 9.17) is 25.8 Å². The molecule has 135 heavy (non-hydrogen) atoms. The minimum absolute atomic E-state index is 0.0876. The van der Waals surface area contributed by atoms with Crippen LogP contribution in [0.4, 0.5) is 40.9 Å². The zero-order valence-electron chi connectivity index (χ0n) is 72.9. The minimum Gasteiger partial charge on any atom is -0.474 e. The summed E-state index contributed by atoms with van der Waals surface area (Å²) in [6, 6.07) is 38.1. The van der Waals surface area contributed by atoms with Crippen LogP contribution in [0.25, 0.3) is 56.3 Å². The summed E-state index contributed by atoms with van der Waals surface area (Å²) in [5.74, 6) is -8.48. The van der Waals surface area contributed by atoms with Crippen LogP contribution >= 0.6 is 11.6 Å². The van der Waals surface area contributed by atoms with Crippen molar-refractivity contribution >= 4 is 47.0 Å². The molecule has 0 spiro atoms. The summed E-state index contributed by atoms with van der Waals surface area (Å²) >= 11 is 5.83. The molecule has 6 N–H and O–H groups in total. The summed E-state index contributed by atoms with van der Waals surface area (Å²) in [5, 5.41) is 37.6. The van der Waals surface area contributed by atoms with Crippen LogP contribution in [-0.4, -0.2) is 183 Å². The van der Waals surface area contributed by atoms with Crippen LogP contribution in [0, 0.1) is 12.8 Å². The summed E-state index contributed by atoms with van der Waals surface area (Å²) in [5.41, 5.74) is 5.13. The molecule has 3 aliphatic rings. The summed E-state index contributed by atoms with van der Waals surface area (Å²) in [6.45, 7) is 7.57. The maximum atomic E-state index is 12.9. The maximum absolute atomic E-state index is 12.9. The summed E-state index contributed by atoms with van der Waals surface area (Å²) in [6.07, 6.45) is 8.43. The van der Waals surface area contributed by atoms with Crippen molar-refractivity contribution in [2.75, 3.05) is 38.1 Å². The van der Waals surface area contributed by atoms with Gasteiger partial charge in [0, 0.05) is 202 Å². The molecular weight excluding hydrogens is 1800 g/mol. The van der Waals surface area contributed by atoms with Gasteiger partial charge in [-0.3, -0.25) is 47.9 Å². The standard InChI is InChI=1S/C20H18F2N4O3.C18H16ClN5O3.C17H19F2N5O3.C17H19F2N5O2.C17H18F2N4O3/c1-13-3-2-4-14(9-13)10-23-17(27)12-26-19(28)8-6-16(25-26)15-5-7-18(24-11-15)29-20(21)22;1-2-20-16(25)11-24-17(26)8-7-15(23-24)12-9-21-18(22-10-12)27-14-5-3-13(19)4-6-14;1-2-20-14(25)9-24-15(26)4-3-13(23-24)12-7-21-16(22-8-12)27-10-11-5-17(18,19)6-11;1-2-20-15(25)10-24-16(26)6-4-13(23-24)11-3-5-14(21-9-11)22-12-7-17(18,19)8-12;1-2-20-14(24)10-23-16(25)6-4-13(22-23)11-3-5-15(21-9-11)26-12-7-17(18,19)8-12/h2-9,11,20H,10,12H2,1H3,(H,23,27);3-10H,2,11H2,1H3,(H,20,25);3-4,7-8,11H,2,5-6,9-10H2,1H3,(H,20,25);3-6,9,12H,2,7-8,10H2,1H3,(H,20,25)(H,21,22);3-6,9,12H,2,7-8,10H2,1H3,(H,20,24). The fourth-order valence-corrected chi connectivity index (χ4v) is 13.0. The molecule has 3 aliphatic carbocycles. The third kappa shape index (κ3) is 31.1. The summed E-state index contributed by atoms with van der Waals surface area (Å²) in [7, 11) is 0. The number of ether oxygens (including phenoxy) is 4. The van der Waals surface area contributed by atoms with Gasteiger partial charge in [0.2, 0.25) is 47.2 Å². The molecule has 12 aromatic rings. The molecule has 0 radical (unpaired) electrons. The number of halogens is 9. The number of benzene rings is 2. The molecule has 10 aromatic heterocycles. The van der Waals surface area contributed by atoms with Crippen molar-refractivity contribution in [1.29, 1.82) is 0 Å². The van der Waals surface area contributed by atoms with E-state index in [0.29, 0.717) is 106 Å². The number of hydrogen-bond acceptors (Lipinski definition) is 27. The fourth-order valence-electron chi connectivity index (χ4n) is 12.8. The first-order valence-corrected chi connectivity index (χ1v) is 42.3. The number of aryl methyl sites for hydroxylation is 1. The van der Waals surface area contributed by atoms with Crippen LogP contribution in [0.1, 0.15) is 77.3 Å². The van der Waals surface area contributed by atoms with Gasteiger partial charge in [-0.25, -0.2) is 84.6 Å². The number of hydrogen-bond donors (Lipinski definition) is 6. The van der Waals surface area contributed by atoms with Gasteiger partial charge in [0.15, 0.2) is 0 Å². The number of likely N-dealkylation sites (N-methyl/N-ethyl adjacent to an activating group) is 4. The van der Waals surface area contributed by atoms with E-state index in [1.54, 1.807) is 94.6 Å². The normalized spacial score (nSPS) is 13.7. The van der Waals surface area contributed by atoms with Crippen LogP contribution in [0.15, 0.2) is 213 Å². The lowest BCUT2D eigenvalue weighted by atomic mass is 9.82. The second kappa shape index (κ2) is 47.1. The lowest BCUT2D eigenvalue weighted by molar-refractivity contribution is -0.135. The third-order valence-electron chi connectivity index (χ3n) is 19.5. The van der Waals surface area contributed by atoms with Crippen molar-refractivity contribution in [2.45, 2.75) is 149 Å². The van der Waals surface area contributed by atoms with Crippen LogP contribution < -0.4 is 78.6 Å². The van der Waals surface area contributed by atoms with Crippen molar-refractivity contribution in [3.63, 3.8) is 0 Å². The van der Waals surface area contributed by atoms with Crippen LogP contribution in [0.2, 0.25) is 5.02 Å². The molecule has 0 aliphatic heterocycles. The first kappa shape index (κ1) is 100. The van der Waals surface area contributed by atoms with Gasteiger partial charge in [-0.2, -0.15) is 34.3 Å². The number of amides is 5. The van der Waals surface area contributed by atoms with Crippen LogP contribution in [0.3, 0.4) is 0 Å². The van der Waals surface area contributed by atoms with E-state index in [9.17, 15) is 83.1 Å². The zero-order valence-corrected chi connectivity index (χ0v) is 73.7. The third-order valence-corrected chi connectivity index (χ3v) is 19.7. The minimum atomic E-state index is -2.97. The highest BCUT2D eigenvalue weighted by atomic mass is 35.5. The lowest BCUT2D eigenvalue weighted by Gasteiger charge is -2.35. The topological polar surface area (TPSA) is 459 Å². The number of nitrogens with one attached hydrogen (secondary N) is 6. The lowest BCUT2D eigenvalue weighted by Crippen LogP contribution is -2.44. The quantitative estimate of drug-likeness (QED) is 0.0214. The molecule has 0 saturated heterocycles. The predicted molar refractivity (Wildman–Crippen MR) is 474 cm³/mol. The average molecular weight is 1890 g/mol. The predicted octanol–water partition coefficient (Wildman–Crippen LogP) is 9.34. The molecule has 2 aromatic carbocycles. The number of pyridine rings is 3. The van der Waals surface area contributed by atoms with Gasteiger partial charge >= 0.3 is 18.6 Å². The highest BCUT2D eigenvalue weighted by Crippen LogP contribution is 2.43. The van der Waals surface area contributed by atoms with Gasteiger partial charge < -0.3 is 50.8 Å². The molecular formula is C89H90ClF8N23O14. The largest absolute Gasteiger partial charge is 0.474 e. The van der Waals surface area contributed by atoms with Gasteiger partial charge in [0.1, 0.15) is 50.4 Å². The van der Waals surface area contributed by atoms with E-state index in [2.05, 4.69) is 97.0 Å². The smallest absolute Gasteiger partial charge is 0.388 e. The van der Waals surface area contributed by atoms with Crippen molar-refractivity contribution in [3.8, 4) is 85.8 Å². The zero-order chi connectivity index (χ0) is 96.9. The Morgan fingerprint density at radius 1 is 0.422 bits per heavy atom. The van der Waals surface area contributed by atoms with Crippen molar-refractivity contribution in [1.82, 2.24) is 110 Å². The van der Waals surface area contributed by atoms with E-state index >= 15 is 0 Å². The van der Waals surface area contributed by atoms with Crippen LogP contribution in [0.5, 0.6) is 29.5 Å². The van der Waals surface area contributed by atoms with Crippen molar-refractivity contribution in [2.24, 2.45) is 5.92 Å². The Balaban J connectivity index is 0.000000162. The molecule has 708 valence electrons. The number of carbonyl (C=O) groups excluding carboxylic acids is 5. The van der Waals surface area contributed by atoms with Crippen molar-refractivity contribution < 1.29 is 78.0 Å². The molecule has 5 amide bonds.